The molecule has 0 atom stereocenters. The lowest BCUT2D eigenvalue weighted by atomic mass is 10.1. The molecule has 0 amide bonds. The molecule has 0 unspecified atom stereocenters. The fraction of sp³-hybridized carbons (Fsp3) is 0.333. The molecular weight excluding hydrogens is 340 g/mol. The van der Waals surface area contributed by atoms with E-state index < -0.39 is 11.6 Å². The van der Waals surface area contributed by atoms with Gasteiger partial charge in [0.05, 0.1) is 15.9 Å². The Bertz CT molecular complexity index is 744. The molecule has 2 aliphatic rings. The molecule has 0 radical (unpaired) electrons. The SMILES string of the molecule is Fc1ccc(-c2nc3c(c(C4CC4)n2)CNC3)c(Br)c1F. The minimum absolute atomic E-state index is 0.0788. The Morgan fingerprint density at radius 1 is 1.14 bits per heavy atom. The molecule has 6 heteroatoms. The van der Waals surface area contributed by atoms with Gasteiger partial charge in [-0.2, -0.15) is 0 Å². The third-order valence-corrected chi connectivity index (χ3v) is 4.73. The molecule has 3 nitrogen and oxygen atoms in total. The van der Waals surface area contributed by atoms with Crippen LogP contribution in [-0.2, 0) is 13.1 Å². The Hall–Kier alpha value is -1.40. The maximum Gasteiger partial charge on any atom is 0.173 e. The monoisotopic (exact) mass is 351 g/mol. The van der Waals surface area contributed by atoms with Gasteiger partial charge in [0.25, 0.3) is 0 Å². The zero-order valence-corrected chi connectivity index (χ0v) is 12.7. The van der Waals surface area contributed by atoms with E-state index in [1.807, 2.05) is 0 Å². The number of fused-ring (bicyclic) bond motifs is 1. The minimum Gasteiger partial charge on any atom is -0.307 e. The number of hydrogen-bond acceptors (Lipinski definition) is 3. The highest BCUT2D eigenvalue weighted by Gasteiger charge is 2.31. The molecule has 4 rings (SSSR count). The smallest absolute Gasteiger partial charge is 0.173 e. The van der Waals surface area contributed by atoms with Crippen molar-refractivity contribution in [2.75, 3.05) is 0 Å². The molecule has 1 aliphatic carbocycles. The molecule has 1 saturated carbocycles. The number of nitrogens with one attached hydrogen (secondary N) is 1. The molecular formula is C15H12BrF2N3. The summed E-state index contributed by atoms with van der Waals surface area (Å²) in [6.45, 7) is 1.49. The van der Waals surface area contributed by atoms with Crippen molar-refractivity contribution in [2.45, 2.75) is 31.8 Å². The molecule has 108 valence electrons. The molecule has 0 bridgehead atoms. The lowest BCUT2D eigenvalue weighted by molar-refractivity contribution is 0.504. The molecule has 1 aromatic heterocycles. The summed E-state index contributed by atoms with van der Waals surface area (Å²) in [4.78, 5) is 9.17. The molecule has 1 N–H and O–H groups in total. The Morgan fingerprint density at radius 3 is 2.71 bits per heavy atom. The van der Waals surface area contributed by atoms with Gasteiger partial charge >= 0.3 is 0 Å². The predicted molar refractivity (Wildman–Crippen MR) is 77.6 cm³/mol. The lowest BCUT2D eigenvalue weighted by Crippen LogP contribution is -2.03. The van der Waals surface area contributed by atoms with Crippen molar-refractivity contribution in [1.29, 1.82) is 0 Å². The van der Waals surface area contributed by atoms with Crippen molar-refractivity contribution in [3.8, 4) is 11.4 Å². The van der Waals surface area contributed by atoms with E-state index in [9.17, 15) is 8.78 Å². The first-order chi connectivity index (χ1) is 10.1. The Morgan fingerprint density at radius 2 is 1.95 bits per heavy atom. The van der Waals surface area contributed by atoms with Crippen LogP contribution in [0.4, 0.5) is 8.78 Å². The van der Waals surface area contributed by atoms with E-state index in [0.717, 1.165) is 36.8 Å². The molecule has 1 aliphatic heterocycles. The zero-order chi connectivity index (χ0) is 14.6. The molecule has 21 heavy (non-hydrogen) atoms. The summed E-state index contributed by atoms with van der Waals surface area (Å²) in [6.07, 6.45) is 2.28. The molecule has 0 saturated heterocycles. The highest BCUT2D eigenvalue weighted by atomic mass is 79.9. The largest absolute Gasteiger partial charge is 0.307 e. The van der Waals surface area contributed by atoms with E-state index in [2.05, 4.69) is 31.2 Å². The van der Waals surface area contributed by atoms with Crippen molar-refractivity contribution in [2.24, 2.45) is 0 Å². The fourth-order valence-corrected chi connectivity index (χ4v) is 3.21. The quantitative estimate of drug-likeness (QED) is 0.839. The van der Waals surface area contributed by atoms with Crippen LogP contribution in [0.2, 0.25) is 0 Å². The zero-order valence-electron chi connectivity index (χ0n) is 11.1. The van der Waals surface area contributed by atoms with E-state index in [4.69, 9.17) is 0 Å². The van der Waals surface area contributed by atoms with E-state index in [1.165, 1.54) is 11.6 Å². The van der Waals surface area contributed by atoms with E-state index in [-0.39, 0.29) is 4.47 Å². The van der Waals surface area contributed by atoms with Crippen molar-refractivity contribution in [3.05, 3.63) is 45.2 Å². The summed E-state index contributed by atoms with van der Waals surface area (Å²) < 4.78 is 27.1. The molecule has 0 spiro atoms. The van der Waals surface area contributed by atoms with Gasteiger partial charge in [0, 0.05) is 30.1 Å². The Balaban J connectivity index is 1.90. The summed E-state index contributed by atoms with van der Waals surface area (Å²) >= 11 is 3.11. The van der Waals surface area contributed by atoms with Gasteiger partial charge in [-0.05, 0) is 40.9 Å². The first-order valence-corrected chi connectivity index (χ1v) is 7.68. The second-order valence-corrected chi connectivity index (χ2v) is 6.25. The van der Waals surface area contributed by atoms with Crippen molar-refractivity contribution < 1.29 is 8.78 Å². The van der Waals surface area contributed by atoms with E-state index >= 15 is 0 Å². The highest BCUT2D eigenvalue weighted by molar-refractivity contribution is 9.10. The normalized spacial score (nSPS) is 17.1. The number of benzene rings is 1. The van der Waals surface area contributed by atoms with Crippen LogP contribution >= 0.6 is 15.9 Å². The number of aromatic nitrogens is 2. The van der Waals surface area contributed by atoms with Crippen molar-refractivity contribution >= 4 is 15.9 Å². The summed E-state index contributed by atoms with van der Waals surface area (Å²) in [7, 11) is 0. The van der Waals surface area contributed by atoms with Gasteiger partial charge in [-0.25, -0.2) is 18.7 Å². The average molecular weight is 352 g/mol. The Kier molecular flexibility index (Phi) is 3.04. The van der Waals surface area contributed by atoms with Crippen molar-refractivity contribution in [3.63, 3.8) is 0 Å². The highest BCUT2D eigenvalue weighted by Crippen LogP contribution is 2.43. The van der Waals surface area contributed by atoms with Gasteiger partial charge in [0.1, 0.15) is 0 Å². The third-order valence-electron chi connectivity index (χ3n) is 3.96. The molecule has 2 heterocycles. The van der Waals surface area contributed by atoms with Gasteiger partial charge in [0.2, 0.25) is 0 Å². The number of halogens is 3. The van der Waals surface area contributed by atoms with Crippen LogP contribution in [0.1, 0.15) is 35.7 Å². The van der Waals surface area contributed by atoms with Crippen LogP contribution in [0, 0.1) is 11.6 Å². The van der Waals surface area contributed by atoms with Gasteiger partial charge in [-0.1, -0.05) is 0 Å². The van der Waals surface area contributed by atoms with Gasteiger partial charge in [0.15, 0.2) is 17.5 Å². The fourth-order valence-electron chi connectivity index (χ4n) is 2.71. The number of nitrogens with zero attached hydrogens (tertiary/aromatic N) is 2. The number of hydrogen-bond donors (Lipinski definition) is 1. The summed E-state index contributed by atoms with van der Waals surface area (Å²) in [5, 5.41) is 3.28. The van der Waals surface area contributed by atoms with Crippen LogP contribution in [0.25, 0.3) is 11.4 Å². The Labute approximate surface area is 128 Å². The standard InChI is InChI=1S/C15H12BrF2N3/c16-12-8(3-4-10(17)13(12)18)15-20-11-6-19-5-9(11)14(21-15)7-1-2-7/h3-4,7,19H,1-2,5-6H2. The molecule has 1 aromatic carbocycles. The molecule has 2 aromatic rings. The second kappa shape index (κ2) is 4.81. The summed E-state index contributed by atoms with van der Waals surface area (Å²) in [6, 6.07) is 2.63. The first-order valence-electron chi connectivity index (χ1n) is 6.89. The van der Waals surface area contributed by atoms with Gasteiger partial charge in [-0.3, -0.25) is 0 Å². The maximum absolute atomic E-state index is 13.7. The third kappa shape index (κ3) is 2.17. The van der Waals surface area contributed by atoms with E-state index in [1.54, 1.807) is 0 Å². The van der Waals surface area contributed by atoms with Crippen LogP contribution in [0.5, 0.6) is 0 Å². The summed E-state index contributed by atoms with van der Waals surface area (Å²) in [5.41, 5.74) is 3.71. The van der Waals surface area contributed by atoms with E-state index in [0.29, 0.717) is 23.9 Å². The van der Waals surface area contributed by atoms with Gasteiger partial charge in [-0.15, -0.1) is 0 Å². The minimum atomic E-state index is -0.900. The van der Waals surface area contributed by atoms with Crippen molar-refractivity contribution in [1.82, 2.24) is 15.3 Å². The topological polar surface area (TPSA) is 37.8 Å². The maximum atomic E-state index is 13.7. The summed E-state index contributed by atoms with van der Waals surface area (Å²) in [5.74, 6) is -0.826. The number of rotatable bonds is 2. The lowest BCUT2D eigenvalue weighted by Gasteiger charge is -2.10. The second-order valence-electron chi connectivity index (χ2n) is 5.46. The van der Waals surface area contributed by atoms with Crippen LogP contribution < -0.4 is 5.32 Å². The first kappa shape index (κ1) is 13.3. The predicted octanol–water partition coefficient (Wildman–Crippen LogP) is 3.66. The van der Waals surface area contributed by atoms with Gasteiger partial charge < -0.3 is 5.32 Å². The van der Waals surface area contributed by atoms with Crippen LogP contribution in [0.15, 0.2) is 16.6 Å². The average Bonchev–Trinajstić information content (AvgIpc) is 3.21. The molecule has 1 fully saturated rings. The van der Waals surface area contributed by atoms with Crippen LogP contribution in [-0.4, -0.2) is 9.97 Å². The van der Waals surface area contributed by atoms with Crippen LogP contribution in [0.3, 0.4) is 0 Å².